The maximum atomic E-state index is 13.2. The van der Waals surface area contributed by atoms with Crippen LogP contribution in [0.5, 0.6) is 11.6 Å². The third kappa shape index (κ3) is 7.01. The summed E-state index contributed by atoms with van der Waals surface area (Å²) in [6.45, 7) is 3.36. The number of aliphatic imine (C=N–C) groups is 1. The second kappa shape index (κ2) is 11.4. The summed E-state index contributed by atoms with van der Waals surface area (Å²) in [5.41, 5.74) is 3.44. The van der Waals surface area contributed by atoms with Gasteiger partial charge < -0.3 is 15.4 Å². The minimum Gasteiger partial charge on any atom is -0.439 e. The zero-order chi connectivity index (χ0) is 19.8. The number of rotatable bonds is 6. The Bertz CT molecular complexity index is 948. The first-order valence-electron chi connectivity index (χ1n) is 9.01. The summed E-state index contributed by atoms with van der Waals surface area (Å²) in [5.74, 6) is 1.20. The lowest BCUT2D eigenvalue weighted by Gasteiger charge is -2.13. The van der Waals surface area contributed by atoms with Crippen LogP contribution in [0.15, 0.2) is 71.9 Å². The molecule has 0 spiro atoms. The van der Waals surface area contributed by atoms with Crippen LogP contribution in [0.1, 0.15) is 16.7 Å². The Hall–Kier alpha value is -2.68. The number of ether oxygens (including phenoxy) is 1. The van der Waals surface area contributed by atoms with E-state index in [2.05, 4.69) is 39.7 Å². The van der Waals surface area contributed by atoms with E-state index in [1.54, 1.807) is 31.4 Å². The molecule has 0 atom stereocenters. The van der Waals surface area contributed by atoms with Crippen LogP contribution in [-0.4, -0.2) is 18.0 Å². The van der Waals surface area contributed by atoms with Gasteiger partial charge in [0.05, 0.1) is 0 Å². The van der Waals surface area contributed by atoms with Gasteiger partial charge in [-0.05, 0) is 35.7 Å². The number of halogens is 2. The fraction of sp³-hybridized carbons (Fsp3) is 0.182. The topological polar surface area (TPSA) is 58.5 Å². The number of nitrogens with one attached hydrogen (secondary N) is 2. The SMILES string of the molecule is CN=C(NCc1ccc(Oc2cccc(F)c2)nc1)NCc1ccccc1C.I. The summed E-state index contributed by atoms with van der Waals surface area (Å²) < 4.78 is 18.8. The molecule has 0 fully saturated rings. The Morgan fingerprint density at radius 1 is 1.03 bits per heavy atom. The molecule has 2 aromatic carbocycles. The molecule has 0 radical (unpaired) electrons. The Morgan fingerprint density at radius 2 is 1.83 bits per heavy atom. The lowest BCUT2D eigenvalue weighted by atomic mass is 10.1. The van der Waals surface area contributed by atoms with Gasteiger partial charge in [0.25, 0.3) is 0 Å². The quantitative estimate of drug-likeness (QED) is 0.287. The van der Waals surface area contributed by atoms with Crippen molar-refractivity contribution in [1.82, 2.24) is 15.6 Å². The molecule has 0 unspecified atom stereocenters. The molecule has 0 aliphatic heterocycles. The second-order valence-corrected chi connectivity index (χ2v) is 6.27. The largest absolute Gasteiger partial charge is 0.439 e. The molecule has 2 N–H and O–H groups in total. The van der Waals surface area contributed by atoms with E-state index in [1.165, 1.54) is 23.3 Å². The Kier molecular flexibility index (Phi) is 8.85. The van der Waals surface area contributed by atoms with Crippen LogP contribution in [-0.2, 0) is 13.1 Å². The number of guanidine groups is 1. The van der Waals surface area contributed by atoms with E-state index >= 15 is 0 Å². The van der Waals surface area contributed by atoms with E-state index in [4.69, 9.17) is 4.74 Å². The highest BCUT2D eigenvalue weighted by Crippen LogP contribution is 2.20. The van der Waals surface area contributed by atoms with Crippen LogP contribution >= 0.6 is 24.0 Å². The van der Waals surface area contributed by atoms with Gasteiger partial charge in [0, 0.05) is 38.5 Å². The van der Waals surface area contributed by atoms with Gasteiger partial charge in [0.2, 0.25) is 5.88 Å². The summed E-state index contributed by atoms with van der Waals surface area (Å²) in [5, 5.41) is 6.56. The van der Waals surface area contributed by atoms with Crippen molar-refractivity contribution < 1.29 is 9.13 Å². The van der Waals surface area contributed by atoms with Crippen molar-refractivity contribution in [3.05, 3.63) is 89.4 Å². The van der Waals surface area contributed by atoms with E-state index in [9.17, 15) is 4.39 Å². The lowest BCUT2D eigenvalue weighted by Crippen LogP contribution is -2.36. The molecule has 0 bridgehead atoms. The molecule has 3 aromatic rings. The molecular formula is C22H24FIN4O. The number of nitrogens with zero attached hydrogens (tertiary/aromatic N) is 2. The van der Waals surface area contributed by atoms with Gasteiger partial charge in [-0.2, -0.15) is 0 Å². The maximum Gasteiger partial charge on any atom is 0.219 e. The van der Waals surface area contributed by atoms with Crippen LogP contribution in [0.4, 0.5) is 4.39 Å². The molecule has 0 saturated heterocycles. The predicted octanol–water partition coefficient (Wildman–Crippen LogP) is 4.80. The highest BCUT2D eigenvalue weighted by Gasteiger charge is 2.03. The van der Waals surface area contributed by atoms with E-state index in [0.29, 0.717) is 30.7 Å². The van der Waals surface area contributed by atoms with Gasteiger partial charge in [0.1, 0.15) is 11.6 Å². The van der Waals surface area contributed by atoms with Crippen molar-refractivity contribution in [2.24, 2.45) is 4.99 Å². The number of hydrogen-bond donors (Lipinski definition) is 2. The monoisotopic (exact) mass is 506 g/mol. The second-order valence-electron chi connectivity index (χ2n) is 6.27. The summed E-state index contributed by atoms with van der Waals surface area (Å²) >= 11 is 0. The highest BCUT2D eigenvalue weighted by atomic mass is 127. The van der Waals surface area contributed by atoms with E-state index in [1.807, 2.05) is 18.2 Å². The van der Waals surface area contributed by atoms with Crippen molar-refractivity contribution in [2.75, 3.05) is 7.05 Å². The van der Waals surface area contributed by atoms with Crippen molar-refractivity contribution in [2.45, 2.75) is 20.0 Å². The van der Waals surface area contributed by atoms with E-state index in [0.717, 1.165) is 5.56 Å². The minimum absolute atomic E-state index is 0. The standard InChI is InChI=1S/C22H23FN4O.HI/c1-16-6-3-4-7-18(16)15-27-22(24-2)26-14-17-10-11-21(25-13-17)28-20-9-5-8-19(23)12-20;/h3-13H,14-15H2,1-2H3,(H2,24,26,27);1H. The number of hydrogen-bond acceptors (Lipinski definition) is 3. The van der Waals surface area contributed by atoms with Gasteiger partial charge in [0.15, 0.2) is 5.96 Å². The molecule has 0 aliphatic rings. The maximum absolute atomic E-state index is 13.2. The average Bonchev–Trinajstić information content (AvgIpc) is 2.70. The van der Waals surface area contributed by atoms with Gasteiger partial charge in [-0.25, -0.2) is 9.37 Å². The first-order chi connectivity index (χ1) is 13.6. The van der Waals surface area contributed by atoms with Crippen LogP contribution in [0.25, 0.3) is 0 Å². The van der Waals surface area contributed by atoms with Crippen molar-refractivity contribution in [3.63, 3.8) is 0 Å². The molecule has 3 rings (SSSR count). The zero-order valence-electron chi connectivity index (χ0n) is 16.4. The van der Waals surface area contributed by atoms with Gasteiger partial charge in [-0.1, -0.05) is 36.4 Å². The minimum atomic E-state index is -0.345. The van der Waals surface area contributed by atoms with Crippen LogP contribution in [0.2, 0.25) is 0 Å². The zero-order valence-corrected chi connectivity index (χ0v) is 18.7. The number of benzene rings is 2. The third-order valence-corrected chi connectivity index (χ3v) is 4.21. The number of aromatic nitrogens is 1. The molecular weight excluding hydrogens is 482 g/mol. The van der Waals surface area contributed by atoms with E-state index < -0.39 is 0 Å². The molecule has 5 nitrogen and oxygen atoms in total. The molecule has 0 saturated carbocycles. The average molecular weight is 506 g/mol. The van der Waals surface area contributed by atoms with Crippen LogP contribution < -0.4 is 15.4 Å². The molecule has 0 aliphatic carbocycles. The molecule has 7 heteroatoms. The molecule has 1 aromatic heterocycles. The fourth-order valence-corrected chi connectivity index (χ4v) is 2.62. The van der Waals surface area contributed by atoms with Gasteiger partial charge >= 0.3 is 0 Å². The smallest absolute Gasteiger partial charge is 0.219 e. The summed E-state index contributed by atoms with van der Waals surface area (Å²) in [7, 11) is 1.74. The van der Waals surface area contributed by atoms with Gasteiger partial charge in [-0.3, -0.25) is 4.99 Å². The summed E-state index contributed by atoms with van der Waals surface area (Å²) in [6, 6.07) is 17.9. The molecule has 1 heterocycles. The van der Waals surface area contributed by atoms with Crippen LogP contribution in [0.3, 0.4) is 0 Å². The molecule has 29 heavy (non-hydrogen) atoms. The van der Waals surface area contributed by atoms with Crippen molar-refractivity contribution in [1.29, 1.82) is 0 Å². The predicted molar refractivity (Wildman–Crippen MR) is 124 cm³/mol. The van der Waals surface area contributed by atoms with Crippen molar-refractivity contribution in [3.8, 4) is 11.6 Å². The summed E-state index contributed by atoms with van der Waals surface area (Å²) in [6.07, 6.45) is 1.72. The summed E-state index contributed by atoms with van der Waals surface area (Å²) in [4.78, 5) is 8.51. The molecule has 152 valence electrons. The van der Waals surface area contributed by atoms with Crippen LogP contribution in [0, 0.1) is 12.7 Å². The Labute approximate surface area is 187 Å². The first kappa shape index (κ1) is 22.6. The first-order valence-corrected chi connectivity index (χ1v) is 9.01. The third-order valence-electron chi connectivity index (χ3n) is 4.21. The number of aryl methyl sites for hydroxylation is 1. The van der Waals surface area contributed by atoms with Gasteiger partial charge in [-0.15, -0.1) is 24.0 Å². The van der Waals surface area contributed by atoms with E-state index in [-0.39, 0.29) is 29.8 Å². The van der Waals surface area contributed by atoms with Crippen molar-refractivity contribution >= 4 is 29.9 Å². The Morgan fingerprint density at radius 3 is 2.52 bits per heavy atom. The molecule has 0 amide bonds. The lowest BCUT2D eigenvalue weighted by molar-refractivity contribution is 0.457. The fourth-order valence-electron chi connectivity index (χ4n) is 2.62. The Balaban J connectivity index is 0.00000300. The highest BCUT2D eigenvalue weighted by molar-refractivity contribution is 14.0. The normalized spacial score (nSPS) is 10.8. The number of pyridine rings is 1.